The highest BCUT2D eigenvalue weighted by molar-refractivity contribution is 8.01. The fourth-order valence-corrected chi connectivity index (χ4v) is 4.59. The second kappa shape index (κ2) is 13.3. The van der Waals surface area contributed by atoms with Crippen LogP contribution in [0.5, 0.6) is 17.2 Å². The fraction of sp³-hybridized carbons (Fsp3) is 0.208. The molecule has 3 N–H and O–H groups in total. The standard InChI is InChI=1S/C24H25N5O6S2/c1-14(30)25-16-6-5-7-17(12-16)26-21(32)13-36-24-29-28-23(37-24)27-20(31)9-8-15-10-18(33-2)22(35-4)19(11-15)34-3/h5-12H,13H2,1-4H3,(H,25,30)(H,26,32)(H,27,28,31)/b9-8+. The van der Waals surface area contributed by atoms with Crippen LogP contribution in [0.1, 0.15) is 12.5 Å². The number of thioether (sulfide) groups is 1. The Morgan fingerprint density at radius 1 is 0.946 bits per heavy atom. The lowest BCUT2D eigenvalue weighted by Gasteiger charge is -2.12. The number of hydrogen-bond acceptors (Lipinski definition) is 10. The molecule has 0 bridgehead atoms. The van der Waals surface area contributed by atoms with Crippen LogP contribution >= 0.6 is 23.1 Å². The van der Waals surface area contributed by atoms with E-state index in [1.54, 1.807) is 42.5 Å². The maximum absolute atomic E-state index is 12.3. The summed E-state index contributed by atoms with van der Waals surface area (Å²) in [4.78, 5) is 35.8. The van der Waals surface area contributed by atoms with Crippen LogP contribution in [-0.2, 0) is 14.4 Å². The largest absolute Gasteiger partial charge is 0.493 e. The zero-order valence-corrected chi connectivity index (χ0v) is 22.1. The molecule has 0 fully saturated rings. The number of amides is 3. The van der Waals surface area contributed by atoms with Gasteiger partial charge in [-0.15, -0.1) is 10.2 Å². The molecular formula is C24H25N5O6S2. The van der Waals surface area contributed by atoms with Gasteiger partial charge in [-0.25, -0.2) is 0 Å². The molecule has 3 amide bonds. The molecule has 0 saturated carbocycles. The Morgan fingerprint density at radius 3 is 2.24 bits per heavy atom. The first-order chi connectivity index (χ1) is 17.8. The number of ether oxygens (including phenoxy) is 3. The van der Waals surface area contributed by atoms with Gasteiger partial charge in [-0.1, -0.05) is 29.2 Å². The van der Waals surface area contributed by atoms with Crippen LogP contribution in [0.4, 0.5) is 16.5 Å². The SMILES string of the molecule is COc1cc(/C=C/C(=O)Nc2nnc(SCC(=O)Nc3cccc(NC(C)=O)c3)s2)cc(OC)c1OC. The predicted octanol–water partition coefficient (Wildman–Crippen LogP) is 3.91. The number of benzene rings is 2. The zero-order valence-electron chi connectivity index (χ0n) is 20.5. The van der Waals surface area contributed by atoms with Gasteiger partial charge in [0, 0.05) is 24.4 Å². The first-order valence-electron chi connectivity index (χ1n) is 10.7. The minimum atomic E-state index is -0.404. The van der Waals surface area contributed by atoms with Gasteiger partial charge in [0.1, 0.15) is 0 Å². The minimum absolute atomic E-state index is 0.0913. The van der Waals surface area contributed by atoms with Crippen molar-refractivity contribution in [3.63, 3.8) is 0 Å². The van der Waals surface area contributed by atoms with E-state index in [9.17, 15) is 14.4 Å². The Kier molecular flexibility index (Phi) is 9.86. The second-order valence-electron chi connectivity index (χ2n) is 7.25. The number of nitrogens with one attached hydrogen (secondary N) is 3. The lowest BCUT2D eigenvalue weighted by Crippen LogP contribution is -2.14. The molecule has 3 rings (SSSR count). The van der Waals surface area contributed by atoms with Gasteiger partial charge in [0.05, 0.1) is 27.1 Å². The summed E-state index contributed by atoms with van der Waals surface area (Å²) in [5.74, 6) is 0.632. The van der Waals surface area contributed by atoms with Crippen molar-refractivity contribution in [3.05, 3.63) is 48.0 Å². The van der Waals surface area contributed by atoms with Crippen molar-refractivity contribution in [1.82, 2.24) is 10.2 Å². The minimum Gasteiger partial charge on any atom is -0.493 e. The summed E-state index contributed by atoms with van der Waals surface area (Å²) >= 11 is 2.33. The predicted molar refractivity (Wildman–Crippen MR) is 144 cm³/mol. The number of carbonyl (C=O) groups excluding carboxylic acids is 3. The lowest BCUT2D eigenvalue weighted by atomic mass is 10.1. The molecule has 1 heterocycles. The summed E-state index contributed by atoms with van der Waals surface area (Å²) < 4.78 is 16.4. The third-order valence-electron chi connectivity index (χ3n) is 4.54. The van der Waals surface area contributed by atoms with Crippen LogP contribution in [0, 0.1) is 0 Å². The van der Waals surface area contributed by atoms with Crippen molar-refractivity contribution >= 4 is 63.4 Å². The smallest absolute Gasteiger partial charge is 0.250 e. The lowest BCUT2D eigenvalue weighted by molar-refractivity contribution is -0.114. The highest BCUT2D eigenvalue weighted by Crippen LogP contribution is 2.38. The van der Waals surface area contributed by atoms with E-state index in [1.165, 1.54) is 46.1 Å². The number of hydrogen-bond donors (Lipinski definition) is 3. The number of methoxy groups -OCH3 is 3. The molecule has 1 aromatic heterocycles. The van der Waals surface area contributed by atoms with Gasteiger partial charge in [-0.05, 0) is 42.0 Å². The molecule has 0 unspecified atom stereocenters. The monoisotopic (exact) mass is 543 g/mol. The maximum Gasteiger partial charge on any atom is 0.250 e. The Hall–Kier alpha value is -4.10. The molecule has 13 heteroatoms. The third-order valence-corrected chi connectivity index (χ3v) is 6.52. The number of nitrogens with zero attached hydrogens (tertiary/aromatic N) is 2. The number of aromatic nitrogens is 2. The van der Waals surface area contributed by atoms with Crippen molar-refractivity contribution < 1.29 is 28.6 Å². The molecule has 11 nitrogen and oxygen atoms in total. The van der Waals surface area contributed by atoms with Gasteiger partial charge < -0.3 is 24.8 Å². The van der Waals surface area contributed by atoms with E-state index in [4.69, 9.17) is 14.2 Å². The fourth-order valence-electron chi connectivity index (χ4n) is 3.04. The van der Waals surface area contributed by atoms with Crippen LogP contribution in [0.15, 0.2) is 46.8 Å². The summed E-state index contributed by atoms with van der Waals surface area (Å²) in [6.07, 6.45) is 2.94. The molecule has 0 aliphatic heterocycles. The van der Waals surface area contributed by atoms with Crippen LogP contribution in [0.25, 0.3) is 6.08 Å². The van der Waals surface area contributed by atoms with E-state index >= 15 is 0 Å². The van der Waals surface area contributed by atoms with Crippen LogP contribution in [0.2, 0.25) is 0 Å². The Balaban J connectivity index is 1.52. The van der Waals surface area contributed by atoms with Crippen molar-refractivity contribution in [2.75, 3.05) is 43.0 Å². The molecule has 37 heavy (non-hydrogen) atoms. The molecule has 0 aliphatic carbocycles. The van der Waals surface area contributed by atoms with E-state index in [2.05, 4.69) is 26.1 Å². The Bertz CT molecular complexity index is 1290. The first kappa shape index (κ1) is 27.5. The molecule has 3 aromatic rings. The Morgan fingerprint density at radius 2 is 1.62 bits per heavy atom. The molecule has 0 radical (unpaired) electrons. The van der Waals surface area contributed by atoms with Crippen LogP contribution in [-0.4, -0.2) is 55.0 Å². The third kappa shape index (κ3) is 8.22. The zero-order chi connectivity index (χ0) is 26.8. The summed E-state index contributed by atoms with van der Waals surface area (Å²) in [6, 6.07) is 10.3. The number of anilines is 3. The van der Waals surface area contributed by atoms with Gasteiger partial charge >= 0.3 is 0 Å². The Labute approximate surface area is 221 Å². The van der Waals surface area contributed by atoms with Gasteiger partial charge in [-0.3, -0.25) is 19.7 Å². The molecule has 194 valence electrons. The quantitative estimate of drug-likeness (QED) is 0.186. The number of carbonyl (C=O) groups is 3. The second-order valence-corrected chi connectivity index (χ2v) is 9.45. The summed E-state index contributed by atoms with van der Waals surface area (Å²) in [6.45, 7) is 1.41. The highest BCUT2D eigenvalue weighted by Gasteiger charge is 2.13. The number of rotatable bonds is 11. The van der Waals surface area contributed by atoms with E-state index in [0.717, 1.165) is 11.3 Å². The molecule has 0 spiro atoms. The van der Waals surface area contributed by atoms with E-state index in [1.807, 2.05) is 0 Å². The van der Waals surface area contributed by atoms with Gasteiger partial charge in [-0.2, -0.15) is 0 Å². The van der Waals surface area contributed by atoms with Crippen LogP contribution in [0.3, 0.4) is 0 Å². The summed E-state index contributed by atoms with van der Waals surface area (Å²) in [7, 11) is 4.54. The molecular weight excluding hydrogens is 518 g/mol. The van der Waals surface area contributed by atoms with Gasteiger partial charge in [0.2, 0.25) is 28.6 Å². The van der Waals surface area contributed by atoms with E-state index in [0.29, 0.717) is 43.7 Å². The van der Waals surface area contributed by atoms with Crippen molar-refractivity contribution in [1.29, 1.82) is 0 Å². The summed E-state index contributed by atoms with van der Waals surface area (Å²) in [5, 5.41) is 16.3. The van der Waals surface area contributed by atoms with Crippen LogP contribution < -0.4 is 30.2 Å². The maximum atomic E-state index is 12.3. The van der Waals surface area contributed by atoms with Gasteiger partial charge in [0.25, 0.3) is 0 Å². The highest BCUT2D eigenvalue weighted by atomic mass is 32.2. The molecule has 0 saturated heterocycles. The van der Waals surface area contributed by atoms with Crippen molar-refractivity contribution in [2.24, 2.45) is 0 Å². The average Bonchev–Trinajstić information content (AvgIpc) is 3.32. The van der Waals surface area contributed by atoms with Crippen molar-refractivity contribution in [2.45, 2.75) is 11.3 Å². The molecule has 2 aromatic carbocycles. The first-order valence-corrected chi connectivity index (χ1v) is 12.5. The van der Waals surface area contributed by atoms with Crippen molar-refractivity contribution in [3.8, 4) is 17.2 Å². The van der Waals surface area contributed by atoms with E-state index < -0.39 is 5.91 Å². The summed E-state index contributed by atoms with van der Waals surface area (Å²) in [5.41, 5.74) is 1.81. The molecule has 0 aliphatic rings. The van der Waals surface area contributed by atoms with E-state index in [-0.39, 0.29) is 17.6 Å². The normalized spacial score (nSPS) is 10.6. The molecule has 0 atom stereocenters. The van der Waals surface area contributed by atoms with Gasteiger partial charge in [0.15, 0.2) is 15.8 Å². The average molecular weight is 544 g/mol. The topological polar surface area (TPSA) is 141 Å².